The van der Waals surface area contributed by atoms with Gasteiger partial charge >= 0.3 is 0 Å². The summed E-state index contributed by atoms with van der Waals surface area (Å²) >= 11 is 0. The summed E-state index contributed by atoms with van der Waals surface area (Å²) < 4.78 is 0. The number of benzene rings is 2. The van der Waals surface area contributed by atoms with Crippen molar-refractivity contribution in [3.63, 3.8) is 0 Å². The Balaban J connectivity index is 2.27. The second kappa shape index (κ2) is 8.42. The second-order valence-electron chi connectivity index (χ2n) is 7.56. The molecule has 2 rings (SSSR count). The van der Waals surface area contributed by atoms with E-state index in [9.17, 15) is 5.11 Å². The first kappa shape index (κ1) is 19.4. The van der Waals surface area contributed by atoms with Crippen LogP contribution in [0.15, 0.2) is 30.3 Å². The number of anilines is 1. The third kappa shape index (κ3) is 4.78. The Labute approximate surface area is 153 Å². The van der Waals surface area contributed by atoms with Crippen molar-refractivity contribution in [2.24, 2.45) is 0 Å². The van der Waals surface area contributed by atoms with Gasteiger partial charge in [-0.2, -0.15) is 0 Å². The van der Waals surface area contributed by atoms with Gasteiger partial charge in [-0.05, 0) is 78.6 Å². The van der Waals surface area contributed by atoms with E-state index in [0.29, 0.717) is 11.7 Å². The molecule has 2 nitrogen and oxygen atoms in total. The molecular weight excluding hydrogens is 306 g/mol. The minimum Gasteiger partial charge on any atom is -0.508 e. The normalized spacial score (nSPS) is 11.2. The topological polar surface area (TPSA) is 23.5 Å². The van der Waals surface area contributed by atoms with Gasteiger partial charge in [-0.15, -0.1) is 0 Å². The quantitative estimate of drug-likeness (QED) is 0.673. The SMILES string of the molecule is CCCCN(C)c1cc(C)c(Cc2ccc(O)c(C(C)C)c2)c(C)c1. The van der Waals surface area contributed by atoms with Gasteiger partial charge in [0.15, 0.2) is 0 Å². The molecule has 0 aliphatic heterocycles. The molecule has 0 saturated heterocycles. The van der Waals surface area contributed by atoms with Crippen LogP contribution in [0.2, 0.25) is 0 Å². The fraction of sp³-hybridized carbons (Fsp3) is 0.478. The third-order valence-corrected chi connectivity index (χ3v) is 5.06. The van der Waals surface area contributed by atoms with E-state index in [2.05, 4.69) is 64.8 Å². The van der Waals surface area contributed by atoms with Crippen molar-refractivity contribution in [1.29, 1.82) is 0 Å². The first-order chi connectivity index (χ1) is 11.8. The van der Waals surface area contributed by atoms with Crippen molar-refractivity contribution in [2.45, 2.75) is 59.8 Å². The lowest BCUT2D eigenvalue weighted by atomic mass is 9.92. The molecule has 2 aromatic rings. The fourth-order valence-corrected chi connectivity index (χ4v) is 3.37. The molecule has 0 radical (unpaired) electrons. The van der Waals surface area contributed by atoms with Crippen molar-refractivity contribution in [3.8, 4) is 5.75 Å². The van der Waals surface area contributed by atoms with E-state index in [-0.39, 0.29) is 0 Å². The van der Waals surface area contributed by atoms with Crippen LogP contribution in [0.4, 0.5) is 5.69 Å². The molecule has 0 heterocycles. The molecule has 25 heavy (non-hydrogen) atoms. The average Bonchev–Trinajstić information content (AvgIpc) is 2.56. The number of hydrogen-bond donors (Lipinski definition) is 1. The Morgan fingerprint density at radius 3 is 2.24 bits per heavy atom. The maximum atomic E-state index is 10.0. The van der Waals surface area contributed by atoms with Gasteiger partial charge in [0.1, 0.15) is 5.75 Å². The molecule has 0 atom stereocenters. The highest BCUT2D eigenvalue weighted by atomic mass is 16.3. The number of hydrogen-bond acceptors (Lipinski definition) is 2. The first-order valence-electron chi connectivity index (χ1n) is 9.46. The molecule has 1 N–H and O–H groups in total. The lowest BCUT2D eigenvalue weighted by Gasteiger charge is -2.22. The summed E-state index contributed by atoms with van der Waals surface area (Å²) in [5, 5.41) is 10.0. The van der Waals surface area contributed by atoms with Crippen LogP contribution in [-0.2, 0) is 6.42 Å². The molecule has 0 spiro atoms. The van der Waals surface area contributed by atoms with Gasteiger partial charge < -0.3 is 10.0 Å². The van der Waals surface area contributed by atoms with E-state index >= 15 is 0 Å². The number of unbranched alkanes of at least 4 members (excludes halogenated alkanes) is 1. The van der Waals surface area contributed by atoms with Crippen LogP contribution in [0.25, 0.3) is 0 Å². The van der Waals surface area contributed by atoms with E-state index in [1.165, 1.54) is 40.8 Å². The van der Waals surface area contributed by atoms with Gasteiger partial charge in [0.05, 0.1) is 0 Å². The molecule has 0 saturated carbocycles. The van der Waals surface area contributed by atoms with E-state index in [4.69, 9.17) is 0 Å². The Morgan fingerprint density at radius 2 is 1.68 bits per heavy atom. The number of rotatable bonds is 7. The summed E-state index contributed by atoms with van der Waals surface area (Å²) in [6.45, 7) is 12.0. The van der Waals surface area contributed by atoms with Crippen molar-refractivity contribution >= 4 is 5.69 Å². The lowest BCUT2D eigenvalue weighted by molar-refractivity contribution is 0.464. The first-order valence-corrected chi connectivity index (χ1v) is 9.46. The Bertz CT molecular complexity index is 695. The third-order valence-electron chi connectivity index (χ3n) is 5.06. The number of aryl methyl sites for hydroxylation is 2. The molecular formula is C23H33NO. The summed E-state index contributed by atoms with van der Waals surface area (Å²) in [6, 6.07) is 10.6. The van der Waals surface area contributed by atoms with Gasteiger partial charge in [0.25, 0.3) is 0 Å². The zero-order valence-electron chi connectivity index (χ0n) is 16.7. The molecule has 0 bridgehead atoms. The van der Waals surface area contributed by atoms with Gasteiger partial charge in [-0.3, -0.25) is 0 Å². The monoisotopic (exact) mass is 339 g/mol. The number of nitrogens with zero attached hydrogens (tertiary/aromatic N) is 1. The highest BCUT2D eigenvalue weighted by Crippen LogP contribution is 2.29. The molecule has 0 aliphatic carbocycles. The van der Waals surface area contributed by atoms with Crippen molar-refractivity contribution < 1.29 is 5.11 Å². The molecule has 0 aliphatic rings. The number of phenolic OH excluding ortho intramolecular Hbond substituents is 1. The molecule has 136 valence electrons. The molecule has 0 amide bonds. The summed E-state index contributed by atoms with van der Waals surface area (Å²) in [4.78, 5) is 2.35. The van der Waals surface area contributed by atoms with E-state index in [1.54, 1.807) is 0 Å². The predicted molar refractivity (Wildman–Crippen MR) is 109 cm³/mol. The molecule has 2 heteroatoms. The Hall–Kier alpha value is -1.96. The molecule has 2 aromatic carbocycles. The second-order valence-corrected chi connectivity index (χ2v) is 7.56. The minimum absolute atomic E-state index is 0.330. The van der Waals surface area contributed by atoms with Crippen LogP contribution in [0.3, 0.4) is 0 Å². The minimum atomic E-state index is 0.330. The van der Waals surface area contributed by atoms with Crippen LogP contribution in [0.1, 0.15) is 67.3 Å². The number of aromatic hydroxyl groups is 1. The Morgan fingerprint density at radius 1 is 1.04 bits per heavy atom. The van der Waals surface area contributed by atoms with Gasteiger partial charge in [-0.1, -0.05) is 39.3 Å². The van der Waals surface area contributed by atoms with Crippen molar-refractivity contribution in [1.82, 2.24) is 0 Å². The zero-order valence-corrected chi connectivity index (χ0v) is 16.7. The maximum absolute atomic E-state index is 10.0. The van der Waals surface area contributed by atoms with Gasteiger partial charge in [-0.25, -0.2) is 0 Å². The summed E-state index contributed by atoms with van der Waals surface area (Å²) in [6.07, 6.45) is 3.36. The number of phenols is 1. The standard InChI is InChI=1S/C23H33NO/c1-7-8-11-24(6)20-12-17(4)22(18(5)13-20)15-19-9-10-23(25)21(14-19)16(2)3/h9-10,12-14,16,25H,7-8,11,15H2,1-6H3. The Kier molecular flexibility index (Phi) is 6.52. The smallest absolute Gasteiger partial charge is 0.119 e. The highest BCUT2D eigenvalue weighted by molar-refractivity contribution is 5.55. The predicted octanol–water partition coefficient (Wildman–Crippen LogP) is 5.96. The highest BCUT2D eigenvalue weighted by Gasteiger charge is 2.11. The van der Waals surface area contributed by atoms with E-state index in [0.717, 1.165) is 18.5 Å². The largest absolute Gasteiger partial charge is 0.508 e. The van der Waals surface area contributed by atoms with Gasteiger partial charge in [0.2, 0.25) is 0 Å². The molecule has 0 aromatic heterocycles. The fourth-order valence-electron chi connectivity index (χ4n) is 3.37. The summed E-state index contributed by atoms with van der Waals surface area (Å²) in [5.41, 5.74) is 7.69. The zero-order chi connectivity index (χ0) is 18.6. The van der Waals surface area contributed by atoms with Crippen molar-refractivity contribution in [2.75, 3.05) is 18.5 Å². The maximum Gasteiger partial charge on any atom is 0.119 e. The van der Waals surface area contributed by atoms with Gasteiger partial charge in [0, 0.05) is 19.3 Å². The van der Waals surface area contributed by atoms with Crippen molar-refractivity contribution in [3.05, 3.63) is 58.1 Å². The molecule has 0 unspecified atom stereocenters. The van der Waals surface area contributed by atoms with Crippen LogP contribution in [0.5, 0.6) is 5.75 Å². The van der Waals surface area contributed by atoms with Crippen LogP contribution < -0.4 is 4.90 Å². The average molecular weight is 340 g/mol. The molecule has 0 fully saturated rings. The van der Waals surface area contributed by atoms with Crippen LogP contribution in [-0.4, -0.2) is 18.7 Å². The van der Waals surface area contributed by atoms with Crippen LogP contribution >= 0.6 is 0 Å². The van der Waals surface area contributed by atoms with Crippen LogP contribution in [0, 0.1) is 13.8 Å². The van der Waals surface area contributed by atoms with E-state index in [1.807, 2.05) is 12.1 Å². The summed E-state index contributed by atoms with van der Waals surface area (Å²) in [5.74, 6) is 0.733. The lowest BCUT2D eigenvalue weighted by Crippen LogP contribution is -2.18. The summed E-state index contributed by atoms with van der Waals surface area (Å²) in [7, 11) is 2.18. The van der Waals surface area contributed by atoms with E-state index < -0.39 is 0 Å².